The summed E-state index contributed by atoms with van der Waals surface area (Å²) in [7, 11) is 0. The van der Waals surface area contributed by atoms with Crippen molar-refractivity contribution < 1.29 is 0 Å². The SMILES string of the molecule is CCCCCC1(C#N)CCC(N2CCC(CCCC)CC2)CC1. The van der Waals surface area contributed by atoms with Gasteiger partial charge in [-0.3, -0.25) is 0 Å². The molecule has 0 aromatic heterocycles. The van der Waals surface area contributed by atoms with Gasteiger partial charge in [0.15, 0.2) is 0 Å². The lowest BCUT2D eigenvalue weighted by Crippen LogP contribution is -2.44. The van der Waals surface area contributed by atoms with Gasteiger partial charge in [-0.2, -0.15) is 5.26 Å². The molecule has 1 heterocycles. The van der Waals surface area contributed by atoms with E-state index in [-0.39, 0.29) is 5.41 Å². The molecule has 2 aliphatic rings. The van der Waals surface area contributed by atoms with Crippen LogP contribution >= 0.6 is 0 Å². The molecule has 2 nitrogen and oxygen atoms in total. The van der Waals surface area contributed by atoms with Gasteiger partial charge in [-0.15, -0.1) is 0 Å². The lowest BCUT2D eigenvalue weighted by molar-refractivity contribution is 0.0755. The molecule has 2 heteroatoms. The molecular formula is C21H38N2. The minimum absolute atomic E-state index is 0.0190. The highest BCUT2D eigenvalue weighted by Crippen LogP contribution is 2.42. The molecule has 0 N–H and O–H groups in total. The van der Waals surface area contributed by atoms with Crippen molar-refractivity contribution in [3.05, 3.63) is 0 Å². The van der Waals surface area contributed by atoms with Crippen molar-refractivity contribution in [2.75, 3.05) is 13.1 Å². The number of unbranched alkanes of at least 4 members (excludes halogenated alkanes) is 3. The van der Waals surface area contributed by atoms with E-state index in [2.05, 4.69) is 24.8 Å². The fraction of sp³-hybridized carbons (Fsp3) is 0.952. The van der Waals surface area contributed by atoms with E-state index in [1.54, 1.807) is 0 Å². The average molecular weight is 319 g/mol. The lowest BCUT2D eigenvalue weighted by Gasteiger charge is -2.43. The molecule has 0 unspecified atom stereocenters. The highest BCUT2D eigenvalue weighted by atomic mass is 15.2. The highest BCUT2D eigenvalue weighted by Gasteiger charge is 2.37. The van der Waals surface area contributed by atoms with Crippen LogP contribution in [0.25, 0.3) is 0 Å². The Hall–Kier alpha value is -0.550. The molecule has 0 spiro atoms. The first-order valence-corrected chi connectivity index (χ1v) is 10.4. The molecule has 132 valence electrons. The van der Waals surface area contributed by atoms with Crippen LogP contribution in [0, 0.1) is 22.7 Å². The van der Waals surface area contributed by atoms with Crippen molar-refractivity contribution in [3.63, 3.8) is 0 Å². The van der Waals surface area contributed by atoms with Crippen LogP contribution < -0.4 is 0 Å². The van der Waals surface area contributed by atoms with Gasteiger partial charge in [-0.1, -0.05) is 52.4 Å². The third kappa shape index (κ3) is 5.49. The first-order chi connectivity index (χ1) is 11.2. The summed E-state index contributed by atoms with van der Waals surface area (Å²) in [6.45, 7) is 7.18. The van der Waals surface area contributed by atoms with E-state index in [9.17, 15) is 5.26 Å². The summed E-state index contributed by atoms with van der Waals surface area (Å²) in [4.78, 5) is 2.76. The summed E-state index contributed by atoms with van der Waals surface area (Å²) in [6, 6.07) is 3.48. The van der Waals surface area contributed by atoms with Crippen molar-refractivity contribution in [3.8, 4) is 6.07 Å². The zero-order chi connectivity index (χ0) is 16.5. The fourth-order valence-electron chi connectivity index (χ4n) is 4.75. The Labute approximate surface area is 144 Å². The molecule has 2 fully saturated rings. The lowest BCUT2D eigenvalue weighted by atomic mass is 9.70. The summed E-state index contributed by atoms with van der Waals surface area (Å²) >= 11 is 0. The van der Waals surface area contributed by atoms with Gasteiger partial charge in [0, 0.05) is 6.04 Å². The molecular weight excluding hydrogens is 280 g/mol. The molecule has 0 bridgehead atoms. The van der Waals surface area contributed by atoms with Gasteiger partial charge in [0.1, 0.15) is 0 Å². The largest absolute Gasteiger partial charge is 0.300 e. The molecule has 2 rings (SSSR count). The summed E-state index contributed by atoms with van der Waals surface area (Å²) in [6.07, 6.45) is 16.8. The second-order valence-corrected chi connectivity index (χ2v) is 8.20. The number of nitriles is 1. The summed E-state index contributed by atoms with van der Waals surface area (Å²) in [5, 5.41) is 9.69. The van der Waals surface area contributed by atoms with Crippen LogP contribution in [0.4, 0.5) is 0 Å². The Balaban J connectivity index is 1.73. The van der Waals surface area contributed by atoms with Crippen LogP contribution in [0.15, 0.2) is 0 Å². The van der Waals surface area contributed by atoms with E-state index in [1.165, 1.54) is 77.3 Å². The molecule has 0 aromatic carbocycles. The van der Waals surface area contributed by atoms with Crippen LogP contribution in [-0.4, -0.2) is 24.0 Å². The minimum atomic E-state index is 0.0190. The number of nitrogens with zero attached hydrogens (tertiary/aromatic N) is 2. The van der Waals surface area contributed by atoms with Crippen molar-refractivity contribution in [2.24, 2.45) is 11.3 Å². The Morgan fingerprint density at radius 3 is 2.17 bits per heavy atom. The molecule has 0 amide bonds. The first-order valence-electron chi connectivity index (χ1n) is 10.4. The van der Waals surface area contributed by atoms with Gasteiger partial charge >= 0.3 is 0 Å². The molecule has 1 saturated carbocycles. The number of likely N-dealkylation sites (tertiary alicyclic amines) is 1. The van der Waals surface area contributed by atoms with Crippen LogP contribution in [0.5, 0.6) is 0 Å². The second-order valence-electron chi connectivity index (χ2n) is 8.20. The van der Waals surface area contributed by atoms with E-state index in [0.717, 1.165) is 31.2 Å². The summed E-state index contributed by atoms with van der Waals surface area (Å²) in [5.74, 6) is 0.988. The molecule has 1 saturated heterocycles. The number of piperidine rings is 1. The predicted molar refractivity (Wildman–Crippen MR) is 98.3 cm³/mol. The standard InChI is InChI=1S/C21H38N2/c1-3-5-7-13-21(18-22)14-9-20(10-15-21)23-16-11-19(12-17-23)8-6-4-2/h19-20H,3-17H2,1-2H3. The minimum Gasteiger partial charge on any atom is -0.300 e. The Kier molecular flexibility index (Phi) is 7.90. The molecule has 0 radical (unpaired) electrons. The van der Waals surface area contributed by atoms with Crippen molar-refractivity contribution >= 4 is 0 Å². The Morgan fingerprint density at radius 1 is 0.957 bits per heavy atom. The van der Waals surface area contributed by atoms with Crippen LogP contribution in [-0.2, 0) is 0 Å². The smallest absolute Gasteiger partial charge is 0.0689 e. The van der Waals surface area contributed by atoms with E-state index >= 15 is 0 Å². The van der Waals surface area contributed by atoms with Crippen LogP contribution in [0.3, 0.4) is 0 Å². The van der Waals surface area contributed by atoms with Gasteiger partial charge in [0.2, 0.25) is 0 Å². The molecule has 23 heavy (non-hydrogen) atoms. The van der Waals surface area contributed by atoms with Crippen molar-refractivity contribution in [1.29, 1.82) is 5.26 Å². The zero-order valence-electron chi connectivity index (χ0n) is 15.7. The average Bonchev–Trinajstić information content (AvgIpc) is 2.61. The number of hydrogen-bond donors (Lipinski definition) is 0. The monoisotopic (exact) mass is 318 g/mol. The third-order valence-corrected chi connectivity index (χ3v) is 6.54. The van der Waals surface area contributed by atoms with Crippen LogP contribution in [0.2, 0.25) is 0 Å². The molecule has 0 atom stereocenters. The van der Waals surface area contributed by atoms with Gasteiger partial charge in [0.25, 0.3) is 0 Å². The molecule has 1 aliphatic heterocycles. The van der Waals surface area contributed by atoms with Gasteiger partial charge < -0.3 is 4.90 Å². The van der Waals surface area contributed by atoms with E-state index in [1.807, 2.05) is 0 Å². The Morgan fingerprint density at radius 2 is 1.61 bits per heavy atom. The van der Waals surface area contributed by atoms with Crippen LogP contribution in [0.1, 0.15) is 97.3 Å². The number of rotatable bonds is 8. The second kappa shape index (κ2) is 9.67. The van der Waals surface area contributed by atoms with Crippen molar-refractivity contribution in [2.45, 2.75) is 103 Å². The van der Waals surface area contributed by atoms with Gasteiger partial charge in [-0.05, 0) is 64.0 Å². The fourth-order valence-corrected chi connectivity index (χ4v) is 4.75. The van der Waals surface area contributed by atoms with Gasteiger partial charge in [-0.25, -0.2) is 0 Å². The maximum Gasteiger partial charge on any atom is 0.0689 e. The van der Waals surface area contributed by atoms with E-state index in [4.69, 9.17) is 0 Å². The quantitative estimate of drug-likeness (QED) is 0.519. The van der Waals surface area contributed by atoms with Crippen molar-refractivity contribution in [1.82, 2.24) is 4.90 Å². The topological polar surface area (TPSA) is 27.0 Å². The summed E-state index contributed by atoms with van der Waals surface area (Å²) < 4.78 is 0. The number of hydrogen-bond acceptors (Lipinski definition) is 2. The maximum atomic E-state index is 9.69. The molecule has 1 aliphatic carbocycles. The predicted octanol–water partition coefficient (Wildman–Crippen LogP) is 5.92. The maximum absolute atomic E-state index is 9.69. The Bertz CT molecular complexity index is 355. The van der Waals surface area contributed by atoms with E-state index < -0.39 is 0 Å². The third-order valence-electron chi connectivity index (χ3n) is 6.54. The highest BCUT2D eigenvalue weighted by molar-refractivity contribution is 5.03. The zero-order valence-corrected chi connectivity index (χ0v) is 15.7. The normalized spacial score (nSPS) is 30.2. The first kappa shape index (κ1) is 18.8. The summed E-state index contributed by atoms with van der Waals surface area (Å²) in [5.41, 5.74) is 0.0190. The van der Waals surface area contributed by atoms with E-state index in [0.29, 0.717) is 0 Å². The van der Waals surface area contributed by atoms with Gasteiger partial charge in [0.05, 0.1) is 11.5 Å². The molecule has 0 aromatic rings.